The maximum absolute atomic E-state index is 16.4. The third-order valence-corrected chi connectivity index (χ3v) is 14.9. The van der Waals surface area contributed by atoms with Gasteiger partial charge in [-0.25, -0.2) is 28.3 Å². The Labute approximate surface area is 400 Å². The number of methoxy groups -OCH3 is 1. The number of anilines is 2. The molecule has 6 heterocycles. The third kappa shape index (κ3) is 9.13. The Morgan fingerprint density at radius 1 is 0.710 bits per heavy atom. The van der Waals surface area contributed by atoms with E-state index in [2.05, 4.69) is 26.3 Å². The van der Waals surface area contributed by atoms with Crippen molar-refractivity contribution in [1.82, 2.24) is 40.0 Å². The Kier molecular flexibility index (Phi) is 13.5. The standard InChI is InChI=1S/C51H64F2N10O6/c1-28(2)43(58-50(66)69-6)48(64)61-22-10-12-41(61)46-54-35-16-14-30(24-37(35)56-46)39-18-19-40(63(39)32-26-33(52)45(34(53)27-32)60-20-8-7-9-21-60)31-15-17-36-38(25-31)57-47(55-36)42-13-11-23-62(42)49(65)44(29(3)4)59(5)51(67)68/h14-17,24-29,39-44H,7-13,18-23H2,1-6H3,(H,54,56)(H,55,57)(H,58,66)(H,67,68)/t39-,40-,41+,42+,43+,44+/m1/s1. The van der Waals surface area contributed by atoms with Gasteiger partial charge < -0.3 is 44.7 Å². The summed E-state index contributed by atoms with van der Waals surface area (Å²) in [5.41, 5.74) is 5.28. The molecule has 0 radical (unpaired) electrons. The minimum atomic E-state index is -1.16. The number of H-pyrrole nitrogens is 2. The minimum absolute atomic E-state index is 0.0116. The van der Waals surface area contributed by atoms with Gasteiger partial charge >= 0.3 is 12.2 Å². The number of ether oxygens (including phenoxy) is 1. The average molecular weight is 951 g/mol. The van der Waals surface area contributed by atoms with Gasteiger partial charge in [-0.2, -0.15) is 0 Å². The zero-order valence-corrected chi connectivity index (χ0v) is 40.3. The number of likely N-dealkylation sites (tertiary alicyclic amines) is 2. The number of amides is 4. The average Bonchev–Trinajstić information content (AvgIpc) is 4.19. The lowest BCUT2D eigenvalue weighted by atomic mass is 10.0. The molecular formula is C51H64F2N10O6. The second kappa shape index (κ2) is 19.5. The van der Waals surface area contributed by atoms with Crippen molar-refractivity contribution in [3.63, 3.8) is 0 Å². The van der Waals surface area contributed by atoms with Crippen molar-refractivity contribution in [3.05, 3.63) is 82.9 Å². The van der Waals surface area contributed by atoms with Gasteiger partial charge in [-0.05, 0) is 117 Å². The predicted molar refractivity (Wildman–Crippen MR) is 258 cm³/mol. The third-order valence-electron chi connectivity index (χ3n) is 14.9. The van der Waals surface area contributed by atoms with E-state index in [-0.39, 0.29) is 53.5 Å². The van der Waals surface area contributed by atoms with Gasteiger partial charge in [0.25, 0.3) is 0 Å². The summed E-state index contributed by atoms with van der Waals surface area (Å²) >= 11 is 0. The smallest absolute Gasteiger partial charge is 0.407 e. The van der Waals surface area contributed by atoms with Crippen LogP contribution in [0.3, 0.4) is 0 Å². The molecule has 4 aliphatic rings. The van der Waals surface area contributed by atoms with Crippen molar-refractivity contribution >= 4 is 57.4 Å². The van der Waals surface area contributed by atoms with Crippen LogP contribution in [-0.2, 0) is 14.3 Å². The van der Waals surface area contributed by atoms with Crippen LogP contribution in [-0.4, -0.2) is 116 Å². The number of nitrogens with zero attached hydrogens (tertiary/aromatic N) is 7. The van der Waals surface area contributed by atoms with Gasteiger partial charge in [-0.1, -0.05) is 39.8 Å². The molecule has 368 valence electrons. The van der Waals surface area contributed by atoms with Gasteiger partial charge in [0.05, 0.1) is 53.3 Å². The molecule has 2 aromatic heterocycles. The lowest BCUT2D eigenvalue weighted by Gasteiger charge is -2.35. The molecule has 4 saturated heterocycles. The van der Waals surface area contributed by atoms with Gasteiger partial charge in [0, 0.05) is 38.9 Å². The first kappa shape index (κ1) is 47.6. The van der Waals surface area contributed by atoms with Gasteiger partial charge in [-0.15, -0.1) is 0 Å². The second-order valence-corrected chi connectivity index (χ2v) is 19.9. The monoisotopic (exact) mass is 950 g/mol. The van der Waals surface area contributed by atoms with Crippen molar-refractivity contribution in [3.8, 4) is 0 Å². The minimum Gasteiger partial charge on any atom is -0.465 e. The number of imidazole rings is 2. The Balaban J connectivity index is 1.04. The zero-order valence-electron chi connectivity index (χ0n) is 40.3. The number of likely N-dealkylation sites (N-methyl/N-ethyl adjacent to an activating group) is 1. The number of hydrogen-bond donors (Lipinski definition) is 4. The Morgan fingerprint density at radius 3 is 1.71 bits per heavy atom. The van der Waals surface area contributed by atoms with E-state index in [0.717, 1.165) is 64.7 Å². The lowest BCUT2D eigenvalue weighted by molar-refractivity contribution is -0.138. The summed E-state index contributed by atoms with van der Waals surface area (Å²) in [6.07, 6.45) is 5.22. The van der Waals surface area contributed by atoms with Crippen LogP contribution in [0.1, 0.15) is 132 Å². The number of carbonyl (C=O) groups is 4. The van der Waals surface area contributed by atoms with Gasteiger partial charge in [0.2, 0.25) is 11.8 Å². The number of aromatic amines is 2. The molecule has 6 atom stereocenters. The molecule has 18 heteroatoms. The van der Waals surface area contributed by atoms with E-state index in [1.807, 2.05) is 62.9 Å². The van der Waals surface area contributed by atoms with Crippen LogP contribution >= 0.6 is 0 Å². The van der Waals surface area contributed by atoms with Gasteiger partial charge in [-0.3, -0.25) is 14.5 Å². The molecule has 0 spiro atoms. The number of alkyl carbamates (subject to hydrolysis) is 1. The van der Waals surface area contributed by atoms with Crippen LogP contribution in [0.4, 0.5) is 29.7 Å². The highest BCUT2D eigenvalue weighted by atomic mass is 19.1. The fourth-order valence-corrected chi connectivity index (χ4v) is 11.5. The summed E-state index contributed by atoms with van der Waals surface area (Å²) in [5, 5.41) is 12.5. The second-order valence-electron chi connectivity index (χ2n) is 19.9. The molecule has 9 rings (SSSR count). The molecule has 0 unspecified atom stereocenters. The number of fused-ring (bicyclic) bond motifs is 2. The molecule has 4 aliphatic heterocycles. The van der Waals surface area contributed by atoms with Crippen molar-refractivity contribution in [2.45, 2.75) is 122 Å². The highest BCUT2D eigenvalue weighted by Crippen LogP contribution is 2.49. The van der Waals surface area contributed by atoms with Crippen molar-refractivity contribution < 1.29 is 37.8 Å². The highest BCUT2D eigenvalue weighted by molar-refractivity contribution is 5.87. The molecular weight excluding hydrogens is 887 g/mol. The van der Waals surface area contributed by atoms with Gasteiger partial charge in [0.1, 0.15) is 29.4 Å². The summed E-state index contributed by atoms with van der Waals surface area (Å²) in [4.78, 5) is 77.5. The van der Waals surface area contributed by atoms with Crippen LogP contribution < -0.4 is 15.1 Å². The summed E-state index contributed by atoms with van der Waals surface area (Å²) in [6.45, 7) is 9.66. The fourth-order valence-electron chi connectivity index (χ4n) is 11.5. The quantitative estimate of drug-likeness (QED) is 0.0941. The van der Waals surface area contributed by atoms with E-state index in [4.69, 9.17) is 14.7 Å². The Morgan fingerprint density at radius 2 is 1.23 bits per heavy atom. The first-order chi connectivity index (χ1) is 33.1. The summed E-state index contributed by atoms with van der Waals surface area (Å²) < 4.78 is 37.6. The topological polar surface area (TPSA) is 183 Å². The van der Waals surface area contributed by atoms with Crippen LogP contribution in [0.5, 0.6) is 0 Å². The number of piperidine rings is 1. The maximum Gasteiger partial charge on any atom is 0.407 e. The maximum atomic E-state index is 16.4. The molecule has 0 saturated carbocycles. The first-order valence-corrected chi connectivity index (χ1v) is 24.6. The summed E-state index contributed by atoms with van der Waals surface area (Å²) in [6, 6.07) is 12.1. The highest BCUT2D eigenvalue weighted by Gasteiger charge is 2.42. The normalized spacial score (nSPS) is 21.8. The molecule has 3 aromatic carbocycles. The molecule has 0 aliphatic carbocycles. The van der Waals surface area contributed by atoms with E-state index >= 15 is 8.78 Å². The molecule has 4 N–H and O–H groups in total. The number of halogens is 2. The molecule has 69 heavy (non-hydrogen) atoms. The van der Waals surface area contributed by atoms with E-state index in [9.17, 15) is 24.3 Å². The van der Waals surface area contributed by atoms with E-state index in [1.54, 1.807) is 9.80 Å². The van der Waals surface area contributed by atoms with Gasteiger partial charge in [0.15, 0.2) is 11.6 Å². The van der Waals surface area contributed by atoms with E-state index in [1.165, 1.54) is 26.3 Å². The van der Waals surface area contributed by atoms with Crippen LogP contribution in [0, 0.1) is 23.5 Å². The van der Waals surface area contributed by atoms with Crippen molar-refractivity contribution in [2.75, 3.05) is 50.1 Å². The number of nitrogens with one attached hydrogen (secondary N) is 3. The lowest BCUT2D eigenvalue weighted by Crippen LogP contribution is -2.51. The van der Waals surface area contributed by atoms with E-state index in [0.29, 0.717) is 74.7 Å². The number of hydrogen-bond acceptors (Lipinski definition) is 9. The molecule has 5 aromatic rings. The Bertz CT molecular complexity index is 2710. The zero-order chi connectivity index (χ0) is 48.8. The number of aromatic nitrogens is 4. The number of rotatable bonds is 12. The Hall–Kier alpha value is -6.46. The SMILES string of the molecule is COC(=O)N[C@H](C(=O)N1CCC[C@H]1c1nc2ccc([C@H]3CC[C@H](c4ccc5nc([C@@H]6CCCN6C(=O)[C@H](C(C)C)N(C)C(=O)O)[nH]c5c4)N3c3cc(F)c(N4CCCCC4)c(F)c3)cc2[nH]1)C(C)C. The molecule has 4 amide bonds. The van der Waals surface area contributed by atoms with Crippen LogP contribution in [0.25, 0.3) is 22.1 Å². The number of carboxylic acid groups (broad SMARTS) is 1. The molecule has 4 fully saturated rings. The predicted octanol–water partition coefficient (Wildman–Crippen LogP) is 9.13. The van der Waals surface area contributed by atoms with E-state index < -0.39 is 35.9 Å². The van der Waals surface area contributed by atoms with Crippen molar-refractivity contribution in [2.24, 2.45) is 11.8 Å². The van der Waals surface area contributed by atoms with Crippen LogP contribution in [0.2, 0.25) is 0 Å². The first-order valence-electron chi connectivity index (χ1n) is 24.6. The van der Waals surface area contributed by atoms with Crippen molar-refractivity contribution in [1.29, 1.82) is 0 Å². The number of carbonyl (C=O) groups excluding carboxylic acids is 3. The fraction of sp³-hybridized carbons (Fsp3) is 0.529. The molecule has 16 nitrogen and oxygen atoms in total. The summed E-state index contributed by atoms with van der Waals surface area (Å²) in [7, 11) is 2.70. The summed E-state index contributed by atoms with van der Waals surface area (Å²) in [5.74, 6) is -0.768. The molecule has 0 bridgehead atoms. The van der Waals surface area contributed by atoms with Crippen LogP contribution in [0.15, 0.2) is 48.5 Å². The number of benzene rings is 3. The largest absolute Gasteiger partial charge is 0.465 e.